The Morgan fingerprint density at radius 3 is 0.955 bits per heavy atom. The number of unbranched alkanes of at least 4 members (excludes halogenated alkanes) is 16. The lowest BCUT2D eigenvalue weighted by atomic mass is 10.1. The third-order valence-electron chi connectivity index (χ3n) is 4.41. The Bertz CT molecular complexity index is 204. The highest BCUT2D eigenvalue weighted by Crippen LogP contribution is 2.12. The van der Waals surface area contributed by atoms with E-state index < -0.39 is 0 Å². The molecule has 22 heavy (non-hydrogen) atoms. The van der Waals surface area contributed by atoms with Crippen molar-refractivity contribution in [3.05, 3.63) is 26.0 Å². The predicted molar refractivity (Wildman–Crippen MR) is 103 cm³/mol. The van der Waals surface area contributed by atoms with Crippen LogP contribution in [0.5, 0.6) is 0 Å². The molecule has 0 aliphatic rings. The fourth-order valence-corrected chi connectivity index (χ4v) is 2.88. The SMILES string of the molecule is [CH2]CCCCCCCC=CCCCCCCCCCCC[CH2]. The Morgan fingerprint density at radius 2 is 0.636 bits per heavy atom. The highest BCUT2D eigenvalue weighted by atomic mass is 14.0. The van der Waals surface area contributed by atoms with Crippen LogP contribution in [0, 0.1) is 13.8 Å². The number of rotatable bonds is 18. The Morgan fingerprint density at radius 1 is 0.364 bits per heavy atom. The minimum absolute atomic E-state index is 1.11. The summed E-state index contributed by atoms with van der Waals surface area (Å²) < 4.78 is 0. The first-order valence-electron chi connectivity index (χ1n) is 10.1. The fourth-order valence-electron chi connectivity index (χ4n) is 2.88. The van der Waals surface area contributed by atoms with E-state index in [0.29, 0.717) is 0 Å². The molecule has 0 fully saturated rings. The van der Waals surface area contributed by atoms with Crippen molar-refractivity contribution in [1.82, 2.24) is 0 Å². The molecule has 0 nitrogen and oxygen atoms in total. The fraction of sp³-hybridized carbons (Fsp3) is 0.818. The van der Waals surface area contributed by atoms with Gasteiger partial charge in [0, 0.05) is 0 Å². The molecule has 130 valence electrons. The molecule has 0 aliphatic heterocycles. The van der Waals surface area contributed by atoms with Gasteiger partial charge in [-0.1, -0.05) is 116 Å². The van der Waals surface area contributed by atoms with E-state index in [1.165, 1.54) is 103 Å². The Balaban J connectivity index is 3.02. The molecule has 0 saturated carbocycles. The van der Waals surface area contributed by atoms with Crippen molar-refractivity contribution >= 4 is 0 Å². The molecule has 0 aromatic carbocycles. The van der Waals surface area contributed by atoms with Gasteiger partial charge in [0.15, 0.2) is 0 Å². The molecule has 2 radical (unpaired) electrons. The second-order valence-electron chi connectivity index (χ2n) is 6.71. The summed E-state index contributed by atoms with van der Waals surface area (Å²) >= 11 is 0. The lowest BCUT2D eigenvalue weighted by molar-refractivity contribution is 0.561. The standard InChI is InChI=1S/C22H42/c1-3-5-7-9-11-13-15-17-19-21-22-20-18-16-14-12-10-8-6-4-2/h17,19H,1-16,18,20-22H2. The van der Waals surface area contributed by atoms with Gasteiger partial charge >= 0.3 is 0 Å². The van der Waals surface area contributed by atoms with Crippen LogP contribution in [0.25, 0.3) is 0 Å². The maximum Gasteiger partial charge on any atom is -0.0351 e. The van der Waals surface area contributed by atoms with E-state index in [1.807, 2.05) is 0 Å². The van der Waals surface area contributed by atoms with Crippen LogP contribution in [0.4, 0.5) is 0 Å². The van der Waals surface area contributed by atoms with Gasteiger partial charge in [-0.25, -0.2) is 0 Å². The van der Waals surface area contributed by atoms with Crippen molar-refractivity contribution in [2.45, 2.75) is 116 Å². The molecule has 0 heteroatoms. The summed E-state index contributed by atoms with van der Waals surface area (Å²) in [7, 11) is 0. The third kappa shape index (κ3) is 19.7. The van der Waals surface area contributed by atoms with Gasteiger partial charge in [0.25, 0.3) is 0 Å². The molecule has 0 amide bonds. The van der Waals surface area contributed by atoms with Crippen molar-refractivity contribution in [3.8, 4) is 0 Å². The monoisotopic (exact) mass is 306 g/mol. The average Bonchev–Trinajstić information content (AvgIpc) is 2.54. The molecule has 0 spiro atoms. The normalized spacial score (nSPS) is 11.5. The van der Waals surface area contributed by atoms with Crippen molar-refractivity contribution < 1.29 is 0 Å². The molecule has 0 aromatic rings. The highest BCUT2D eigenvalue weighted by Gasteiger charge is 1.92. The molecular weight excluding hydrogens is 264 g/mol. The van der Waals surface area contributed by atoms with Crippen LogP contribution in [-0.4, -0.2) is 0 Å². The van der Waals surface area contributed by atoms with E-state index in [1.54, 1.807) is 0 Å². The summed E-state index contributed by atoms with van der Waals surface area (Å²) in [5.74, 6) is 0. The summed E-state index contributed by atoms with van der Waals surface area (Å²) in [6, 6.07) is 0. The van der Waals surface area contributed by atoms with Crippen LogP contribution in [0.2, 0.25) is 0 Å². The van der Waals surface area contributed by atoms with Gasteiger partial charge in [-0.2, -0.15) is 0 Å². The van der Waals surface area contributed by atoms with Gasteiger partial charge in [0.1, 0.15) is 0 Å². The van der Waals surface area contributed by atoms with Gasteiger partial charge < -0.3 is 0 Å². The van der Waals surface area contributed by atoms with Gasteiger partial charge in [0.2, 0.25) is 0 Å². The summed E-state index contributed by atoms with van der Waals surface area (Å²) in [6.07, 6.45) is 29.2. The largest absolute Gasteiger partial charge is 0.0885 e. The van der Waals surface area contributed by atoms with Gasteiger partial charge in [-0.3, -0.25) is 0 Å². The Kier molecular flexibility index (Phi) is 20.5. The van der Waals surface area contributed by atoms with Gasteiger partial charge in [-0.15, -0.1) is 0 Å². The van der Waals surface area contributed by atoms with Crippen LogP contribution in [0.3, 0.4) is 0 Å². The first kappa shape index (κ1) is 21.7. The first-order chi connectivity index (χ1) is 10.9. The molecule has 0 aromatic heterocycles. The maximum absolute atomic E-state index is 3.89. The van der Waals surface area contributed by atoms with Crippen LogP contribution in [0.15, 0.2) is 12.2 Å². The summed E-state index contributed by atoms with van der Waals surface area (Å²) in [6.45, 7) is 7.78. The molecule has 0 rings (SSSR count). The second kappa shape index (κ2) is 20.7. The van der Waals surface area contributed by atoms with Gasteiger partial charge in [-0.05, 0) is 25.7 Å². The predicted octanol–water partition coefficient (Wildman–Crippen LogP) is 8.23. The lowest BCUT2D eigenvalue weighted by Crippen LogP contribution is -1.81. The first-order valence-corrected chi connectivity index (χ1v) is 10.1. The second-order valence-corrected chi connectivity index (χ2v) is 6.71. The van der Waals surface area contributed by atoms with Crippen LogP contribution < -0.4 is 0 Å². The number of allylic oxidation sites excluding steroid dienone is 2. The van der Waals surface area contributed by atoms with Crippen molar-refractivity contribution in [2.75, 3.05) is 0 Å². The molecule has 0 unspecified atom stereocenters. The molecule has 0 bridgehead atoms. The molecule has 0 saturated heterocycles. The van der Waals surface area contributed by atoms with Crippen LogP contribution in [-0.2, 0) is 0 Å². The molecular formula is C22H42. The van der Waals surface area contributed by atoms with E-state index in [-0.39, 0.29) is 0 Å². The van der Waals surface area contributed by atoms with Crippen LogP contribution >= 0.6 is 0 Å². The Labute approximate surface area is 142 Å². The molecule has 0 atom stereocenters. The zero-order valence-electron chi connectivity index (χ0n) is 15.3. The van der Waals surface area contributed by atoms with E-state index in [2.05, 4.69) is 26.0 Å². The number of hydrogen-bond acceptors (Lipinski definition) is 0. The zero-order valence-corrected chi connectivity index (χ0v) is 15.3. The van der Waals surface area contributed by atoms with Crippen molar-refractivity contribution in [2.24, 2.45) is 0 Å². The Hall–Kier alpha value is -0.260. The van der Waals surface area contributed by atoms with E-state index in [9.17, 15) is 0 Å². The van der Waals surface area contributed by atoms with Crippen molar-refractivity contribution in [1.29, 1.82) is 0 Å². The maximum atomic E-state index is 3.89. The minimum Gasteiger partial charge on any atom is -0.0885 e. The quantitative estimate of drug-likeness (QED) is 0.177. The zero-order chi connectivity index (χ0) is 16.1. The summed E-state index contributed by atoms with van der Waals surface area (Å²) in [5.41, 5.74) is 0. The van der Waals surface area contributed by atoms with Crippen molar-refractivity contribution in [3.63, 3.8) is 0 Å². The third-order valence-corrected chi connectivity index (χ3v) is 4.41. The average molecular weight is 307 g/mol. The highest BCUT2D eigenvalue weighted by molar-refractivity contribution is 4.81. The van der Waals surface area contributed by atoms with E-state index >= 15 is 0 Å². The summed E-state index contributed by atoms with van der Waals surface area (Å²) in [5, 5.41) is 0. The molecule has 0 heterocycles. The van der Waals surface area contributed by atoms with Crippen LogP contribution in [0.1, 0.15) is 116 Å². The topological polar surface area (TPSA) is 0 Å². The summed E-state index contributed by atoms with van der Waals surface area (Å²) in [4.78, 5) is 0. The van der Waals surface area contributed by atoms with E-state index in [0.717, 1.165) is 12.8 Å². The lowest BCUT2D eigenvalue weighted by Gasteiger charge is -2.01. The molecule has 0 aliphatic carbocycles. The smallest absolute Gasteiger partial charge is 0.0351 e. The van der Waals surface area contributed by atoms with E-state index in [4.69, 9.17) is 0 Å². The molecule has 0 N–H and O–H groups in total. The minimum atomic E-state index is 1.11. The number of hydrogen-bond donors (Lipinski definition) is 0. The van der Waals surface area contributed by atoms with Gasteiger partial charge in [0.05, 0.1) is 0 Å².